The van der Waals surface area contributed by atoms with Crippen LogP contribution in [0.1, 0.15) is 36.7 Å². The molecule has 0 bridgehead atoms. The van der Waals surface area contributed by atoms with Gasteiger partial charge in [-0.25, -0.2) is 0 Å². The van der Waals surface area contributed by atoms with Gasteiger partial charge in [0.05, 0.1) is 0 Å². The first kappa shape index (κ1) is 15.2. The monoisotopic (exact) mass is 332 g/mol. The van der Waals surface area contributed by atoms with E-state index < -0.39 is 0 Å². The van der Waals surface area contributed by atoms with E-state index >= 15 is 0 Å². The van der Waals surface area contributed by atoms with E-state index in [0.717, 1.165) is 29.6 Å². The van der Waals surface area contributed by atoms with Crippen LogP contribution in [0.2, 0.25) is 0 Å². The highest BCUT2D eigenvalue weighted by atomic mass is 79.9. The first-order chi connectivity index (χ1) is 9.72. The predicted molar refractivity (Wildman–Crippen MR) is 87.9 cm³/mol. The van der Waals surface area contributed by atoms with Crippen LogP contribution in [-0.2, 0) is 12.8 Å². The van der Waals surface area contributed by atoms with Crippen LogP contribution >= 0.6 is 15.9 Å². The average molecular weight is 333 g/mol. The van der Waals surface area contributed by atoms with Crippen molar-refractivity contribution in [2.24, 2.45) is 0 Å². The fourth-order valence-corrected chi connectivity index (χ4v) is 2.51. The van der Waals surface area contributed by atoms with Crippen LogP contribution in [0.3, 0.4) is 0 Å². The van der Waals surface area contributed by atoms with E-state index in [9.17, 15) is 0 Å². The Balaban J connectivity index is 2.13. The van der Waals surface area contributed by atoms with Gasteiger partial charge in [0.1, 0.15) is 0 Å². The van der Waals surface area contributed by atoms with Crippen LogP contribution in [-0.4, -0.2) is 11.5 Å². The third-order valence-electron chi connectivity index (χ3n) is 3.43. The van der Waals surface area contributed by atoms with Crippen LogP contribution in [0, 0.1) is 0 Å². The van der Waals surface area contributed by atoms with Gasteiger partial charge in [-0.1, -0.05) is 48.0 Å². The molecule has 20 heavy (non-hydrogen) atoms. The summed E-state index contributed by atoms with van der Waals surface area (Å²) in [6.07, 6.45) is 3.94. The lowest BCUT2D eigenvalue weighted by atomic mass is 10.0. The minimum absolute atomic E-state index is 0.313. The molecule has 2 aromatic rings. The molecule has 0 saturated carbocycles. The fraction of sp³-hybridized carbons (Fsp3) is 0.353. The number of hydrogen-bond donors (Lipinski definition) is 1. The smallest absolute Gasteiger partial charge is 0.0422 e. The van der Waals surface area contributed by atoms with Crippen LogP contribution in [0.25, 0.3) is 0 Å². The number of nitrogens with zero attached hydrogens (tertiary/aromatic N) is 1. The summed E-state index contributed by atoms with van der Waals surface area (Å²) < 4.78 is 1.11. The molecule has 0 amide bonds. The van der Waals surface area contributed by atoms with Gasteiger partial charge in [0.2, 0.25) is 0 Å². The number of nitrogens with one attached hydrogen (secondary N) is 1. The summed E-state index contributed by atoms with van der Waals surface area (Å²) in [6.45, 7) is 5.24. The first-order valence-corrected chi connectivity index (χ1v) is 7.94. The standard InChI is InChI=1S/C17H21BrN2/c1-3-13-5-10-16(20-12-13)11-17(19-4-2)14-6-8-15(18)9-7-14/h5-10,12,17,19H,3-4,11H2,1-2H3. The molecule has 0 fully saturated rings. The molecule has 2 rings (SSSR count). The molecule has 106 valence electrons. The number of pyridine rings is 1. The lowest BCUT2D eigenvalue weighted by molar-refractivity contribution is 0.544. The van der Waals surface area contributed by atoms with E-state index in [4.69, 9.17) is 0 Å². The maximum absolute atomic E-state index is 4.57. The summed E-state index contributed by atoms with van der Waals surface area (Å²) in [6, 6.07) is 13.1. The van der Waals surface area contributed by atoms with Crippen LogP contribution < -0.4 is 5.32 Å². The highest BCUT2D eigenvalue weighted by Gasteiger charge is 2.11. The van der Waals surface area contributed by atoms with Crippen molar-refractivity contribution in [1.82, 2.24) is 10.3 Å². The molecule has 0 radical (unpaired) electrons. The number of rotatable bonds is 6. The number of likely N-dealkylation sites (N-methyl/N-ethyl adjacent to an activating group) is 1. The van der Waals surface area contributed by atoms with Crippen molar-refractivity contribution in [3.8, 4) is 0 Å². The summed E-state index contributed by atoms with van der Waals surface area (Å²) in [5.41, 5.74) is 3.73. The van der Waals surface area contributed by atoms with Gasteiger partial charge in [0.15, 0.2) is 0 Å². The maximum Gasteiger partial charge on any atom is 0.0422 e. The summed E-state index contributed by atoms with van der Waals surface area (Å²) in [4.78, 5) is 4.57. The normalized spacial score (nSPS) is 12.3. The van der Waals surface area contributed by atoms with E-state index in [-0.39, 0.29) is 0 Å². The molecule has 3 heteroatoms. The Morgan fingerprint density at radius 1 is 1.10 bits per heavy atom. The topological polar surface area (TPSA) is 24.9 Å². The molecule has 1 N–H and O–H groups in total. The van der Waals surface area contributed by atoms with Gasteiger partial charge < -0.3 is 5.32 Å². The average Bonchev–Trinajstić information content (AvgIpc) is 2.48. The molecule has 0 spiro atoms. The minimum atomic E-state index is 0.313. The summed E-state index contributed by atoms with van der Waals surface area (Å²) >= 11 is 3.48. The molecular weight excluding hydrogens is 312 g/mol. The van der Waals surface area contributed by atoms with Crippen molar-refractivity contribution in [3.05, 3.63) is 63.9 Å². The van der Waals surface area contributed by atoms with Crippen molar-refractivity contribution in [2.75, 3.05) is 6.54 Å². The highest BCUT2D eigenvalue weighted by Crippen LogP contribution is 2.20. The Morgan fingerprint density at radius 2 is 1.85 bits per heavy atom. The van der Waals surface area contributed by atoms with E-state index in [1.807, 2.05) is 6.20 Å². The quantitative estimate of drug-likeness (QED) is 0.853. The van der Waals surface area contributed by atoms with Crippen LogP contribution in [0.4, 0.5) is 0 Å². The van der Waals surface area contributed by atoms with Gasteiger partial charge >= 0.3 is 0 Å². The Bertz CT molecular complexity index is 520. The number of aryl methyl sites for hydroxylation is 1. The van der Waals surface area contributed by atoms with Crippen molar-refractivity contribution >= 4 is 15.9 Å². The van der Waals surface area contributed by atoms with Crippen molar-refractivity contribution in [2.45, 2.75) is 32.7 Å². The van der Waals surface area contributed by atoms with Crippen molar-refractivity contribution in [3.63, 3.8) is 0 Å². The van der Waals surface area contributed by atoms with Gasteiger partial charge in [0.25, 0.3) is 0 Å². The summed E-state index contributed by atoms with van der Waals surface area (Å²) in [5, 5.41) is 3.54. The zero-order valence-electron chi connectivity index (χ0n) is 12.1. The first-order valence-electron chi connectivity index (χ1n) is 7.15. The van der Waals surface area contributed by atoms with Gasteiger partial charge in [0, 0.05) is 28.8 Å². The fourth-order valence-electron chi connectivity index (χ4n) is 2.24. The second kappa shape index (κ2) is 7.55. The third kappa shape index (κ3) is 4.15. The predicted octanol–water partition coefficient (Wildman–Crippen LogP) is 4.30. The van der Waals surface area contributed by atoms with Gasteiger partial charge in [-0.3, -0.25) is 4.98 Å². The lowest BCUT2D eigenvalue weighted by Crippen LogP contribution is -2.23. The third-order valence-corrected chi connectivity index (χ3v) is 3.96. The molecule has 1 heterocycles. The zero-order chi connectivity index (χ0) is 14.4. The van der Waals surface area contributed by atoms with Gasteiger partial charge in [-0.15, -0.1) is 0 Å². The summed E-state index contributed by atoms with van der Waals surface area (Å²) in [7, 11) is 0. The molecule has 0 aliphatic carbocycles. The Hall–Kier alpha value is -1.19. The number of hydrogen-bond acceptors (Lipinski definition) is 2. The minimum Gasteiger partial charge on any atom is -0.310 e. The van der Waals surface area contributed by atoms with E-state index in [2.05, 4.69) is 76.5 Å². The van der Waals surface area contributed by atoms with Crippen LogP contribution in [0.15, 0.2) is 47.1 Å². The molecular formula is C17H21BrN2. The Kier molecular flexibility index (Phi) is 5.74. The Morgan fingerprint density at radius 3 is 2.40 bits per heavy atom. The summed E-state index contributed by atoms with van der Waals surface area (Å²) in [5.74, 6) is 0. The molecule has 0 saturated heterocycles. The SMILES string of the molecule is CCNC(Cc1ccc(CC)cn1)c1ccc(Br)cc1. The molecule has 0 aliphatic heterocycles. The Labute approximate surface area is 129 Å². The molecule has 1 unspecified atom stereocenters. The second-order valence-corrected chi connectivity index (χ2v) is 5.79. The maximum atomic E-state index is 4.57. The second-order valence-electron chi connectivity index (χ2n) is 4.88. The molecule has 2 nitrogen and oxygen atoms in total. The van der Waals surface area contributed by atoms with E-state index in [0.29, 0.717) is 6.04 Å². The largest absolute Gasteiger partial charge is 0.310 e. The number of halogens is 1. The highest BCUT2D eigenvalue weighted by molar-refractivity contribution is 9.10. The molecule has 1 aromatic heterocycles. The lowest BCUT2D eigenvalue weighted by Gasteiger charge is -2.18. The molecule has 0 aliphatic rings. The van der Waals surface area contributed by atoms with Gasteiger partial charge in [-0.05, 0) is 42.3 Å². The number of benzene rings is 1. The van der Waals surface area contributed by atoms with Crippen LogP contribution in [0.5, 0.6) is 0 Å². The zero-order valence-corrected chi connectivity index (χ0v) is 13.7. The van der Waals surface area contributed by atoms with Crippen molar-refractivity contribution in [1.29, 1.82) is 0 Å². The molecule has 1 aromatic carbocycles. The van der Waals surface area contributed by atoms with E-state index in [1.54, 1.807) is 0 Å². The molecule has 1 atom stereocenters. The van der Waals surface area contributed by atoms with Crippen molar-refractivity contribution < 1.29 is 0 Å². The van der Waals surface area contributed by atoms with E-state index in [1.165, 1.54) is 11.1 Å². The van der Waals surface area contributed by atoms with Gasteiger partial charge in [-0.2, -0.15) is 0 Å². The number of aromatic nitrogens is 1.